The van der Waals surface area contributed by atoms with Crippen LogP contribution in [-0.4, -0.2) is 42.0 Å². The summed E-state index contributed by atoms with van der Waals surface area (Å²) in [5, 5.41) is -0.198. The molecule has 0 saturated heterocycles. The van der Waals surface area contributed by atoms with E-state index in [4.69, 9.17) is 23.4 Å². The number of ether oxygens (including phenoxy) is 4. The van der Waals surface area contributed by atoms with Gasteiger partial charge in [-0.05, 0) is 38.1 Å². The lowest BCUT2D eigenvalue weighted by Gasteiger charge is -2.17. The number of carbonyl (C=O) groups excluding carboxylic acids is 4. The van der Waals surface area contributed by atoms with Crippen molar-refractivity contribution < 1.29 is 42.5 Å². The quantitative estimate of drug-likeness (QED) is 0.337. The van der Waals surface area contributed by atoms with Crippen molar-refractivity contribution in [3.63, 3.8) is 0 Å². The lowest BCUT2D eigenvalue weighted by molar-refractivity contribution is -0.135. The van der Waals surface area contributed by atoms with Crippen LogP contribution in [0.15, 0.2) is 45.6 Å². The van der Waals surface area contributed by atoms with Crippen LogP contribution in [-0.2, 0) is 14.4 Å². The van der Waals surface area contributed by atoms with Gasteiger partial charge in [0.15, 0.2) is 16.9 Å². The molecule has 0 unspecified atom stereocenters. The van der Waals surface area contributed by atoms with Crippen LogP contribution < -0.4 is 24.4 Å². The molecule has 1 heterocycles. The first kappa shape index (κ1) is 26.9. The number of nitrogens with zero attached hydrogens (tertiary/aromatic N) is 1. The van der Waals surface area contributed by atoms with Crippen LogP contribution in [0.4, 0.5) is 4.79 Å². The van der Waals surface area contributed by atoms with E-state index in [1.165, 1.54) is 11.0 Å². The molecule has 3 rings (SSSR count). The predicted molar refractivity (Wildman–Crippen MR) is 131 cm³/mol. The number of fused-ring (bicyclic) bond motifs is 1. The van der Waals surface area contributed by atoms with Crippen molar-refractivity contribution in [2.24, 2.45) is 0 Å². The van der Waals surface area contributed by atoms with Gasteiger partial charge in [-0.15, -0.1) is 0 Å². The number of carbonyl (C=O) groups is 4. The van der Waals surface area contributed by atoms with Gasteiger partial charge in [-0.3, -0.25) is 19.2 Å². The van der Waals surface area contributed by atoms with Gasteiger partial charge in [-0.1, -0.05) is 0 Å². The second-order valence-corrected chi connectivity index (χ2v) is 7.73. The zero-order chi connectivity index (χ0) is 27.3. The van der Waals surface area contributed by atoms with E-state index in [1.54, 1.807) is 24.3 Å². The standard InChI is InChI=1S/C26H25NO10/c1-6-27(7-2)26(32)36-18-10-8-17(9-11-18)20-12-19(31)23-21(37-20)13-22(33-14(3)28)24(34-15(4)29)25(23)35-16(5)30/h8-13H,6-7H2,1-5H3. The minimum atomic E-state index is -0.812. The third kappa shape index (κ3) is 6.31. The zero-order valence-electron chi connectivity index (χ0n) is 20.9. The van der Waals surface area contributed by atoms with E-state index < -0.39 is 40.9 Å². The van der Waals surface area contributed by atoms with Gasteiger partial charge in [0.1, 0.15) is 22.5 Å². The maximum Gasteiger partial charge on any atom is 0.415 e. The van der Waals surface area contributed by atoms with E-state index >= 15 is 0 Å². The summed E-state index contributed by atoms with van der Waals surface area (Å²) >= 11 is 0. The molecule has 0 aliphatic rings. The molecule has 3 aromatic rings. The molecule has 1 amide bonds. The topological polar surface area (TPSA) is 139 Å². The van der Waals surface area contributed by atoms with E-state index in [0.29, 0.717) is 24.4 Å². The summed E-state index contributed by atoms with van der Waals surface area (Å²) in [7, 11) is 0. The molecule has 0 fully saturated rings. The number of amides is 1. The smallest absolute Gasteiger partial charge is 0.415 e. The van der Waals surface area contributed by atoms with Crippen molar-refractivity contribution in [2.75, 3.05) is 13.1 Å². The third-order valence-electron chi connectivity index (χ3n) is 5.01. The Bertz CT molecular complexity index is 1420. The Labute approximate surface area is 211 Å². The van der Waals surface area contributed by atoms with Gasteiger partial charge >= 0.3 is 24.0 Å². The van der Waals surface area contributed by atoms with Gasteiger partial charge in [-0.25, -0.2) is 4.79 Å². The van der Waals surface area contributed by atoms with E-state index in [9.17, 15) is 24.0 Å². The fourth-order valence-electron chi connectivity index (χ4n) is 3.44. The van der Waals surface area contributed by atoms with E-state index in [0.717, 1.165) is 26.8 Å². The Kier molecular flexibility index (Phi) is 8.28. The van der Waals surface area contributed by atoms with Crippen LogP contribution >= 0.6 is 0 Å². The van der Waals surface area contributed by atoms with Gasteiger partial charge < -0.3 is 28.3 Å². The van der Waals surface area contributed by atoms with Crippen molar-refractivity contribution in [1.82, 2.24) is 4.90 Å². The van der Waals surface area contributed by atoms with Crippen molar-refractivity contribution >= 4 is 35.0 Å². The molecule has 11 heteroatoms. The highest BCUT2D eigenvalue weighted by Crippen LogP contribution is 2.44. The molecule has 0 aliphatic heterocycles. The highest BCUT2D eigenvalue weighted by molar-refractivity contribution is 5.94. The normalized spacial score (nSPS) is 10.5. The highest BCUT2D eigenvalue weighted by atomic mass is 16.6. The van der Waals surface area contributed by atoms with E-state index in [1.807, 2.05) is 13.8 Å². The SMILES string of the molecule is CCN(CC)C(=O)Oc1ccc(-c2cc(=O)c3c(OC(C)=O)c(OC(C)=O)c(OC(C)=O)cc3o2)cc1. The van der Waals surface area contributed by atoms with Crippen molar-refractivity contribution in [3.05, 3.63) is 46.6 Å². The second kappa shape index (κ2) is 11.4. The van der Waals surface area contributed by atoms with E-state index in [2.05, 4.69) is 0 Å². The molecule has 1 aromatic heterocycles. The molecule has 11 nitrogen and oxygen atoms in total. The van der Waals surface area contributed by atoms with Crippen LogP contribution in [0.5, 0.6) is 23.0 Å². The number of rotatable bonds is 7. The third-order valence-corrected chi connectivity index (χ3v) is 5.01. The van der Waals surface area contributed by atoms with Gasteiger partial charge in [0.25, 0.3) is 0 Å². The monoisotopic (exact) mass is 511 g/mol. The van der Waals surface area contributed by atoms with Gasteiger partial charge in [-0.2, -0.15) is 0 Å². The van der Waals surface area contributed by atoms with Crippen LogP contribution in [0.25, 0.3) is 22.3 Å². The summed E-state index contributed by atoms with van der Waals surface area (Å²) in [4.78, 5) is 61.9. The lowest BCUT2D eigenvalue weighted by Crippen LogP contribution is -2.33. The number of hydrogen-bond acceptors (Lipinski definition) is 10. The summed E-state index contributed by atoms with van der Waals surface area (Å²) in [5.41, 5.74) is -0.246. The first-order chi connectivity index (χ1) is 17.5. The summed E-state index contributed by atoms with van der Waals surface area (Å²) in [6, 6.07) is 8.60. The first-order valence-electron chi connectivity index (χ1n) is 11.3. The summed E-state index contributed by atoms with van der Waals surface area (Å²) in [6.45, 7) is 7.98. The van der Waals surface area contributed by atoms with Crippen molar-refractivity contribution in [1.29, 1.82) is 0 Å². The molecular weight excluding hydrogens is 486 g/mol. The molecule has 0 radical (unpaired) electrons. The van der Waals surface area contributed by atoms with Crippen LogP contribution in [0, 0.1) is 0 Å². The average molecular weight is 511 g/mol. The summed E-state index contributed by atoms with van der Waals surface area (Å²) in [6.07, 6.45) is -0.491. The second-order valence-electron chi connectivity index (χ2n) is 7.73. The van der Waals surface area contributed by atoms with Gasteiger partial charge in [0.05, 0.1) is 0 Å². The Morgan fingerprint density at radius 2 is 1.35 bits per heavy atom. The van der Waals surface area contributed by atoms with Crippen molar-refractivity contribution in [2.45, 2.75) is 34.6 Å². The maximum atomic E-state index is 13.1. The van der Waals surface area contributed by atoms with Crippen molar-refractivity contribution in [3.8, 4) is 34.3 Å². The van der Waals surface area contributed by atoms with Gasteiger partial charge in [0.2, 0.25) is 5.75 Å². The Hall–Kier alpha value is -4.67. The van der Waals surface area contributed by atoms with Crippen LogP contribution in [0.2, 0.25) is 0 Å². The molecule has 0 spiro atoms. The Morgan fingerprint density at radius 1 is 0.784 bits per heavy atom. The number of benzene rings is 2. The summed E-state index contributed by atoms with van der Waals surface area (Å²) in [5.74, 6) is -3.07. The molecule has 0 atom stereocenters. The predicted octanol–water partition coefficient (Wildman–Crippen LogP) is 4.08. The lowest BCUT2D eigenvalue weighted by atomic mass is 10.1. The van der Waals surface area contributed by atoms with Crippen LogP contribution in [0.3, 0.4) is 0 Å². The molecule has 0 aliphatic carbocycles. The summed E-state index contributed by atoms with van der Waals surface area (Å²) < 4.78 is 26.7. The molecule has 37 heavy (non-hydrogen) atoms. The molecule has 0 N–H and O–H groups in total. The zero-order valence-corrected chi connectivity index (χ0v) is 20.9. The van der Waals surface area contributed by atoms with Crippen LogP contribution in [0.1, 0.15) is 34.6 Å². The molecule has 0 bridgehead atoms. The molecule has 2 aromatic carbocycles. The largest absolute Gasteiger partial charge is 0.456 e. The highest BCUT2D eigenvalue weighted by Gasteiger charge is 2.25. The molecule has 0 saturated carbocycles. The Morgan fingerprint density at radius 3 is 1.89 bits per heavy atom. The minimum Gasteiger partial charge on any atom is -0.456 e. The fraction of sp³-hybridized carbons (Fsp3) is 0.269. The molecule has 194 valence electrons. The maximum absolute atomic E-state index is 13.1. The first-order valence-corrected chi connectivity index (χ1v) is 11.3. The average Bonchev–Trinajstić information content (AvgIpc) is 2.81. The Balaban J connectivity index is 2.12. The fourth-order valence-corrected chi connectivity index (χ4v) is 3.44. The number of hydrogen-bond donors (Lipinski definition) is 0. The molecular formula is C26H25NO10. The minimum absolute atomic E-state index is 0.0945. The van der Waals surface area contributed by atoms with E-state index in [-0.39, 0.29) is 22.5 Å². The van der Waals surface area contributed by atoms with Gasteiger partial charge in [0, 0.05) is 51.6 Å². The number of esters is 3.